The van der Waals surface area contributed by atoms with E-state index in [0.29, 0.717) is 10.6 Å². The minimum absolute atomic E-state index is 0.196. The molecule has 0 spiro atoms. The van der Waals surface area contributed by atoms with Crippen molar-refractivity contribution in [1.29, 1.82) is 0 Å². The molecule has 2 aromatic carbocycles. The van der Waals surface area contributed by atoms with E-state index in [9.17, 15) is 4.39 Å². The van der Waals surface area contributed by atoms with Gasteiger partial charge in [-0.15, -0.1) is 0 Å². The Labute approximate surface area is 96.9 Å². The largest absolute Gasteiger partial charge is 0.508 e. The molecule has 0 aliphatic rings. The molecule has 0 aliphatic carbocycles. The maximum atomic E-state index is 13.5. The fourth-order valence-corrected chi connectivity index (χ4v) is 2.06. The van der Waals surface area contributed by atoms with Gasteiger partial charge in [-0.25, -0.2) is 4.39 Å². The summed E-state index contributed by atoms with van der Waals surface area (Å²) in [4.78, 5) is 1.38. The van der Waals surface area contributed by atoms with E-state index in [1.165, 1.54) is 17.8 Å². The summed E-state index contributed by atoms with van der Waals surface area (Å²) in [5.74, 6) is -0.139. The third kappa shape index (κ3) is 2.46. The highest BCUT2D eigenvalue weighted by atomic mass is 32.2. The van der Waals surface area contributed by atoms with Crippen molar-refractivity contribution in [3.05, 3.63) is 48.3 Å². The van der Waals surface area contributed by atoms with Crippen LogP contribution in [0.15, 0.2) is 52.3 Å². The Kier molecular flexibility index (Phi) is 3.01. The molecule has 0 amide bonds. The van der Waals surface area contributed by atoms with E-state index in [4.69, 9.17) is 10.8 Å². The number of aromatic hydroxyl groups is 1. The average molecular weight is 235 g/mol. The van der Waals surface area contributed by atoms with E-state index in [1.807, 2.05) is 0 Å². The van der Waals surface area contributed by atoms with Gasteiger partial charge in [-0.3, -0.25) is 0 Å². The second kappa shape index (κ2) is 4.45. The van der Waals surface area contributed by atoms with Crippen molar-refractivity contribution in [3.8, 4) is 5.75 Å². The first-order valence-corrected chi connectivity index (χ1v) is 5.49. The molecule has 16 heavy (non-hydrogen) atoms. The molecule has 0 bridgehead atoms. The van der Waals surface area contributed by atoms with Crippen molar-refractivity contribution >= 4 is 17.4 Å². The van der Waals surface area contributed by atoms with Crippen LogP contribution in [-0.2, 0) is 0 Å². The number of nitrogen functional groups attached to an aromatic ring is 1. The van der Waals surface area contributed by atoms with Crippen LogP contribution in [0.5, 0.6) is 5.75 Å². The Morgan fingerprint density at radius 3 is 2.38 bits per heavy atom. The van der Waals surface area contributed by atoms with Gasteiger partial charge in [0.25, 0.3) is 0 Å². The topological polar surface area (TPSA) is 46.2 Å². The summed E-state index contributed by atoms with van der Waals surface area (Å²) in [6.07, 6.45) is 0. The van der Waals surface area contributed by atoms with Crippen molar-refractivity contribution in [2.45, 2.75) is 9.79 Å². The molecule has 2 rings (SSSR count). The standard InChI is InChI=1S/C12H10FNOS/c13-11-7-8(14)1-6-12(11)16-10-4-2-9(15)3-5-10/h1-7,15H,14H2. The van der Waals surface area contributed by atoms with Gasteiger partial charge in [-0.2, -0.15) is 0 Å². The molecule has 0 aromatic heterocycles. The molecule has 2 aromatic rings. The lowest BCUT2D eigenvalue weighted by Gasteiger charge is -2.04. The van der Waals surface area contributed by atoms with Crippen molar-refractivity contribution in [1.82, 2.24) is 0 Å². The minimum Gasteiger partial charge on any atom is -0.508 e. The van der Waals surface area contributed by atoms with Crippen LogP contribution in [0.25, 0.3) is 0 Å². The van der Waals surface area contributed by atoms with Gasteiger partial charge in [0.05, 0.1) is 0 Å². The molecule has 0 heterocycles. The average Bonchev–Trinajstić information content (AvgIpc) is 2.25. The Morgan fingerprint density at radius 2 is 1.75 bits per heavy atom. The number of nitrogens with two attached hydrogens (primary N) is 1. The summed E-state index contributed by atoms with van der Waals surface area (Å²) < 4.78 is 13.5. The van der Waals surface area contributed by atoms with Crippen LogP contribution in [0.4, 0.5) is 10.1 Å². The molecule has 2 nitrogen and oxygen atoms in total. The van der Waals surface area contributed by atoms with Gasteiger partial charge in [0.1, 0.15) is 11.6 Å². The molecule has 0 saturated carbocycles. The first-order valence-electron chi connectivity index (χ1n) is 4.67. The van der Waals surface area contributed by atoms with Crippen LogP contribution in [0, 0.1) is 5.82 Å². The number of hydrogen-bond donors (Lipinski definition) is 2. The number of benzene rings is 2. The zero-order valence-corrected chi connectivity index (χ0v) is 9.17. The molecule has 3 N–H and O–H groups in total. The fourth-order valence-electron chi connectivity index (χ4n) is 1.24. The Hall–Kier alpha value is -1.68. The number of phenols is 1. The molecule has 0 radical (unpaired) electrons. The molecule has 0 atom stereocenters. The van der Waals surface area contributed by atoms with Gasteiger partial charge in [0.2, 0.25) is 0 Å². The van der Waals surface area contributed by atoms with Crippen LogP contribution in [-0.4, -0.2) is 5.11 Å². The molecular weight excluding hydrogens is 225 g/mol. The van der Waals surface area contributed by atoms with Gasteiger partial charge in [0, 0.05) is 15.5 Å². The van der Waals surface area contributed by atoms with Gasteiger partial charge < -0.3 is 10.8 Å². The number of hydrogen-bond acceptors (Lipinski definition) is 3. The van der Waals surface area contributed by atoms with Crippen molar-refractivity contribution < 1.29 is 9.50 Å². The van der Waals surface area contributed by atoms with Gasteiger partial charge in [-0.05, 0) is 42.5 Å². The highest BCUT2D eigenvalue weighted by Crippen LogP contribution is 2.31. The van der Waals surface area contributed by atoms with Gasteiger partial charge in [-0.1, -0.05) is 11.8 Å². The summed E-state index contributed by atoms with van der Waals surface area (Å²) in [5.41, 5.74) is 5.87. The zero-order chi connectivity index (χ0) is 11.5. The third-order valence-electron chi connectivity index (χ3n) is 2.02. The number of rotatable bonds is 2. The number of phenolic OH excluding ortho intramolecular Hbond substituents is 1. The highest BCUT2D eigenvalue weighted by Gasteiger charge is 2.04. The van der Waals surface area contributed by atoms with E-state index < -0.39 is 0 Å². The Balaban J connectivity index is 2.23. The summed E-state index contributed by atoms with van der Waals surface area (Å²) in [7, 11) is 0. The first-order chi connectivity index (χ1) is 7.65. The lowest BCUT2D eigenvalue weighted by molar-refractivity contribution is 0.475. The third-order valence-corrected chi connectivity index (χ3v) is 3.08. The van der Waals surface area contributed by atoms with Crippen LogP contribution >= 0.6 is 11.8 Å². The maximum absolute atomic E-state index is 13.5. The lowest BCUT2D eigenvalue weighted by Crippen LogP contribution is -1.87. The van der Waals surface area contributed by atoms with Crippen LogP contribution < -0.4 is 5.73 Å². The molecular formula is C12H10FNOS. The highest BCUT2D eigenvalue weighted by molar-refractivity contribution is 7.99. The summed E-state index contributed by atoms with van der Waals surface area (Å²) in [5, 5.41) is 9.11. The molecule has 0 saturated heterocycles. The van der Waals surface area contributed by atoms with Crippen molar-refractivity contribution in [2.75, 3.05) is 5.73 Å². The smallest absolute Gasteiger partial charge is 0.139 e. The van der Waals surface area contributed by atoms with E-state index in [2.05, 4.69) is 0 Å². The summed E-state index contributed by atoms with van der Waals surface area (Å²) >= 11 is 1.29. The van der Waals surface area contributed by atoms with E-state index >= 15 is 0 Å². The van der Waals surface area contributed by atoms with Gasteiger partial charge in [0.15, 0.2) is 0 Å². The van der Waals surface area contributed by atoms with Crippen LogP contribution in [0.2, 0.25) is 0 Å². The minimum atomic E-state index is -0.335. The lowest BCUT2D eigenvalue weighted by atomic mass is 10.3. The Bertz CT molecular complexity index is 499. The molecule has 0 aliphatic heterocycles. The molecule has 0 fully saturated rings. The van der Waals surface area contributed by atoms with Crippen molar-refractivity contribution in [2.24, 2.45) is 0 Å². The summed E-state index contributed by atoms with van der Waals surface area (Å²) in [6.45, 7) is 0. The zero-order valence-electron chi connectivity index (χ0n) is 8.35. The van der Waals surface area contributed by atoms with E-state index in [0.717, 1.165) is 4.90 Å². The monoisotopic (exact) mass is 235 g/mol. The number of anilines is 1. The van der Waals surface area contributed by atoms with Crippen molar-refractivity contribution in [3.63, 3.8) is 0 Å². The quantitative estimate of drug-likeness (QED) is 0.785. The van der Waals surface area contributed by atoms with Gasteiger partial charge >= 0.3 is 0 Å². The summed E-state index contributed by atoms with van der Waals surface area (Å²) in [6, 6.07) is 11.2. The molecule has 4 heteroatoms. The second-order valence-corrected chi connectivity index (χ2v) is 4.40. The second-order valence-electron chi connectivity index (χ2n) is 3.29. The number of halogens is 1. The fraction of sp³-hybridized carbons (Fsp3) is 0. The van der Waals surface area contributed by atoms with E-state index in [1.54, 1.807) is 36.4 Å². The Morgan fingerprint density at radius 1 is 1.06 bits per heavy atom. The predicted octanol–water partition coefficient (Wildman–Crippen LogP) is 3.26. The predicted molar refractivity (Wildman–Crippen MR) is 63.0 cm³/mol. The SMILES string of the molecule is Nc1ccc(Sc2ccc(O)cc2)c(F)c1. The normalized spacial score (nSPS) is 10.3. The first kappa shape index (κ1) is 10.8. The van der Waals surface area contributed by atoms with Crippen LogP contribution in [0.1, 0.15) is 0 Å². The molecule has 0 unspecified atom stereocenters. The maximum Gasteiger partial charge on any atom is 0.139 e. The van der Waals surface area contributed by atoms with Crippen LogP contribution in [0.3, 0.4) is 0 Å². The molecule has 82 valence electrons. The van der Waals surface area contributed by atoms with E-state index in [-0.39, 0.29) is 11.6 Å².